The van der Waals surface area contributed by atoms with Gasteiger partial charge in [0.15, 0.2) is 5.79 Å². The van der Waals surface area contributed by atoms with Crippen molar-refractivity contribution in [1.29, 1.82) is 0 Å². The summed E-state index contributed by atoms with van der Waals surface area (Å²) in [6.07, 6.45) is 12.5. The van der Waals surface area contributed by atoms with Crippen LogP contribution in [0.1, 0.15) is 98.3 Å². The maximum absolute atomic E-state index is 12.9. The molecule has 1 N–H and O–H groups in total. The first-order valence-corrected chi connectivity index (χ1v) is 17.5. The molecule has 0 aromatic rings. The van der Waals surface area contributed by atoms with Crippen molar-refractivity contribution < 1.29 is 23.8 Å². The van der Waals surface area contributed by atoms with Crippen LogP contribution in [0, 0.1) is 57.7 Å². The number of fused-ring (bicyclic) bond motifs is 7. The van der Waals surface area contributed by atoms with Gasteiger partial charge in [0.2, 0.25) is 11.8 Å². The van der Waals surface area contributed by atoms with E-state index in [1.807, 2.05) is 4.90 Å². The lowest BCUT2D eigenvalue weighted by Gasteiger charge is -2.61. The highest BCUT2D eigenvalue weighted by Crippen LogP contribution is 2.71. The molecule has 4 saturated heterocycles. The van der Waals surface area contributed by atoms with E-state index in [2.05, 4.69) is 33.0 Å². The third-order valence-corrected chi connectivity index (χ3v) is 14.8. The van der Waals surface area contributed by atoms with Crippen molar-refractivity contribution in [3.8, 4) is 0 Å². The highest BCUT2D eigenvalue weighted by Gasteiger charge is 2.69. The maximum Gasteiger partial charge on any atom is 0.232 e. The number of rotatable bonds is 3. The van der Waals surface area contributed by atoms with Gasteiger partial charge in [0.1, 0.15) is 6.42 Å². The molecule has 2 spiro atoms. The van der Waals surface area contributed by atoms with E-state index < -0.39 is 0 Å². The van der Waals surface area contributed by atoms with Gasteiger partial charge in [-0.25, -0.2) is 0 Å². The monoisotopic (exact) mass is 582 g/mol. The fraction of sp³-hybridized carbons (Fsp3) is 0.943. The Balaban J connectivity index is 0.890. The molecule has 2 amide bonds. The van der Waals surface area contributed by atoms with Gasteiger partial charge >= 0.3 is 0 Å². The molecular formula is C35H54N2O5. The zero-order valence-electron chi connectivity index (χ0n) is 26.5. The van der Waals surface area contributed by atoms with Gasteiger partial charge in [-0.2, -0.15) is 0 Å². The molecule has 4 heterocycles. The van der Waals surface area contributed by atoms with E-state index in [9.17, 15) is 9.59 Å². The standard InChI is InChI=1S/C35H54N2O5/c1-21-7-12-35(41-16-21)22(2)31-28(42-35)14-27-25-6-5-23-13-24(8-10-32(23,3)26(25)9-11-33(27,31)4)36-29(38)15-30(39)37-17-34(18-37)19-40-20-34/h21-28,31H,5-20H2,1-4H3,(H,36,38)/t21-,22+,23-,24?,25-,26+,27+,28+,31+,32+,33+,35-/m1/s1. The van der Waals surface area contributed by atoms with Crippen LogP contribution in [0.15, 0.2) is 0 Å². The van der Waals surface area contributed by atoms with Gasteiger partial charge in [-0.05, 0) is 104 Å². The molecule has 12 atom stereocenters. The summed E-state index contributed by atoms with van der Waals surface area (Å²) < 4.78 is 18.8. The van der Waals surface area contributed by atoms with E-state index in [0.29, 0.717) is 40.6 Å². The molecular weight excluding hydrogens is 528 g/mol. The largest absolute Gasteiger partial charge is 0.380 e. The Morgan fingerprint density at radius 1 is 0.905 bits per heavy atom. The molecule has 4 aliphatic heterocycles. The Morgan fingerprint density at radius 2 is 1.69 bits per heavy atom. The molecule has 8 aliphatic rings. The Hall–Kier alpha value is -1.18. The van der Waals surface area contributed by atoms with Crippen LogP contribution in [0.5, 0.6) is 0 Å². The highest BCUT2D eigenvalue weighted by atomic mass is 16.7. The quantitative estimate of drug-likeness (QED) is 0.465. The average molecular weight is 583 g/mol. The molecule has 8 fully saturated rings. The number of ether oxygens (including phenoxy) is 3. The predicted octanol–water partition coefficient (Wildman–Crippen LogP) is 5.17. The Labute approximate surface area is 252 Å². The van der Waals surface area contributed by atoms with Gasteiger partial charge in [-0.15, -0.1) is 0 Å². The van der Waals surface area contributed by atoms with Crippen LogP contribution < -0.4 is 5.32 Å². The van der Waals surface area contributed by atoms with Crippen LogP contribution in [0.25, 0.3) is 0 Å². The number of likely N-dealkylation sites (tertiary alicyclic amines) is 1. The number of nitrogens with zero attached hydrogens (tertiary/aromatic N) is 1. The zero-order chi connectivity index (χ0) is 29.1. The summed E-state index contributed by atoms with van der Waals surface area (Å²) in [6, 6.07) is 0.214. The van der Waals surface area contributed by atoms with Crippen LogP contribution in [-0.2, 0) is 23.8 Å². The third-order valence-electron chi connectivity index (χ3n) is 14.8. The molecule has 42 heavy (non-hydrogen) atoms. The lowest BCUT2D eigenvalue weighted by atomic mass is 9.44. The first-order chi connectivity index (χ1) is 20.0. The van der Waals surface area contributed by atoms with Crippen molar-refractivity contribution in [2.75, 3.05) is 32.9 Å². The Bertz CT molecular complexity index is 1110. The minimum absolute atomic E-state index is 0.00544. The SMILES string of the molecule is C[C@@H]1CC[C@@]2(OC1)O[C@H]1C[C@H]3[C@@H]4CC[C@@H]5CC(NC(=O)CC(=O)N6CC7(COC7)C6)CC[C@]5(C)[C@H]4CC[C@]3(C)[C@H]1[C@@H]2C. The van der Waals surface area contributed by atoms with Gasteiger partial charge < -0.3 is 24.4 Å². The lowest BCUT2D eigenvalue weighted by Crippen LogP contribution is -2.67. The third kappa shape index (κ3) is 4.07. The van der Waals surface area contributed by atoms with Crippen LogP contribution in [0.4, 0.5) is 0 Å². The normalized spacial score (nSPS) is 52.0. The summed E-state index contributed by atoms with van der Waals surface area (Å²) >= 11 is 0. The summed E-state index contributed by atoms with van der Waals surface area (Å²) in [6.45, 7) is 13.9. The minimum Gasteiger partial charge on any atom is -0.380 e. The molecule has 0 aromatic heterocycles. The van der Waals surface area contributed by atoms with Gasteiger partial charge in [0.05, 0.1) is 31.3 Å². The predicted molar refractivity (Wildman–Crippen MR) is 158 cm³/mol. The summed E-state index contributed by atoms with van der Waals surface area (Å²) in [5, 5.41) is 3.29. The first-order valence-electron chi connectivity index (χ1n) is 17.5. The molecule has 234 valence electrons. The van der Waals surface area contributed by atoms with E-state index >= 15 is 0 Å². The molecule has 0 radical (unpaired) electrons. The van der Waals surface area contributed by atoms with Crippen LogP contribution in [0.2, 0.25) is 0 Å². The number of carbonyl (C=O) groups excluding carboxylic acids is 2. The van der Waals surface area contributed by atoms with E-state index in [1.54, 1.807) is 0 Å². The molecule has 7 heteroatoms. The van der Waals surface area contributed by atoms with Gasteiger partial charge in [0.25, 0.3) is 0 Å². The van der Waals surface area contributed by atoms with Gasteiger partial charge in [-0.3, -0.25) is 9.59 Å². The van der Waals surface area contributed by atoms with Gasteiger partial charge in [0, 0.05) is 31.5 Å². The van der Waals surface area contributed by atoms with E-state index in [-0.39, 0.29) is 35.5 Å². The summed E-state index contributed by atoms with van der Waals surface area (Å²) in [5.74, 6) is 4.35. The molecule has 8 rings (SSSR count). The van der Waals surface area contributed by atoms with Crippen molar-refractivity contribution in [2.45, 2.75) is 116 Å². The second-order valence-electron chi connectivity index (χ2n) is 17.1. The summed E-state index contributed by atoms with van der Waals surface area (Å²) in [4.78, 5) is 27.4. The average Bonchev–Trinajstić information content (AvgIpc) is 3.34. The highest BCUT2D eigenvalue weighted by molar-refractivity contribution is 5.97. The number of amides is 2. The van der Waals surface area contributed by atoms with E-state index in [4.69, 9.17) is 14.2 Å². The summed E-state index contributed by atoms with van der Waals surface area (Å²) in [5.41, 5.74) is 0.929. The van der Waals surface area contributed by atoms with Crippen LogP contribution in [-0.4, -0.2) is 67.6 Å². The van der Waals surface area contributed by atoms with Crippen molar-refractivity contribution in [2.24, 2.45) is 57.7 Å². The fourth-order valence-corrected chi connectivity index (χ4v) is 12.4. The number of carbonyl (C=O) groups is 2. The molecule has 7 nitrogen and oxygen atoms in total. The molecule has 1 unspecified atom stereocenters. The smallest absolute Gasteiger partial charge is 0.232 e. The number of hydrogen-bond acceptors (Lipinski definition) is 5. The Kier molecular flexibility index (Phi) is 6.51. The molecule has 4 saturated carbocycles. The van der Waals surface area contributed by atoms with Gasteiger partial charge in [-0.1, -0.05) is 27.7 Å². The zero-order valence-corrected chi connectivity index (χ0v) is 26.5. The van der Waals surface area contributed by atoms with E-state index in [0.717, 1.165) is 69.9 Å². The molecule has 4 aliphatic carbocycles. The number of nitrogens with one attached hydrogen (secondary N) is 1. The minimum atomic E-state index is -0.327. The second kappa shape index (κ2) is 9.66. The van der Waals surface area contributed by atoms with Crippen LogP contribution >= 0.6 is 0 Å². The number of hydrogen-bond donors (Lipinski definition) is 1. The van der Waals surface area contributed by atoms with Crippen molar-refractivity contribution in [3.63, 3.8) is 0 Å². The molecule has 0 bridgehead atoms. The fourth-order valence-electron chi connectivity index (χ4n) is 12.4. The molecule has 0 aromatic carbocycles. The van der Waals surface area contributed by atoms with Crippen molar-refractivity contribution >= 4 is 11.8 Å². The van der Waals surface area contributed by atoms with Crippen molar-refractivity contribution in [1.82, 2.24) is 10.2 Å². The van der Waals surface area contributed by atoms with Crippen molar-refractivity contribution in [3.05, 3.63) is 0 Å². The topological polar surface area (TPSA) is 77.1 Å². The maximum atomic E-state index is 12.9. The summed E-state index contributed by atoms with van der Waals surface area (Å²) in [7, 11) is 0. The lowest BCUT2D eigenvalue weighted by molar-refractivity contribution is -0.273. The first kappa shape index (κ1) is 28.3. The van der Waals surface area contributed by atoms with E-state index in [1.165, 1.54) is 44.9 Å². The second-order valence-corrected chi connectivity index (χ2v) is 17.1. The Morgan fingerprint density at radius 3 is 2.40 bits per heavy atom. The van der Waals surface area contributed by atoms with Crippen LogP contribution in [0.3, 0.4) is 0 Å².